The number of carbonyl (C=O) groups excluding carboxylic acids is 1. The van der Waals surface area contributed by atoms with Gasteiger partial charge in [0.05, 0.1) is 25.5 Å². The van der Waals surface area contributed by atoms with Crippen LogP contribution in [0.15, 0.2) is 30.3 Å². The van der Waals surface area contributed by atoms with Crippen molar-refractivity contribution in [3.05, 3.63) is 35.9 Å². The minimum atomic E-state index is -0.203. The number of nitrogens with zero attached hydrogens (tertiary/aromatic N) is 1. The fraction of sp³-hybridized carbons (Fsp3) is 0.385. The standard InChI is InChI=1S/C13H15NO2S/c1-16-13(15)7-8-17-10-12(9-14)11-5-3-2-4-6-11/h2-6,12H,7-8,10H2,1H3. The largest absolute Gasteiger partial charge is 0.469 e. The molecule has 1 aromatic rings. The lowest BCUT2D eigenvalue weighted by molar-refractivity contribution is -0.140. The van der Waals surface area contributed by atoms with Crippen LogP contribution in [-0.4, -0.2) is 24.6 Å². The molecule has 4 heteroatoms. The summed E-state index contributed by atoms with van der Waals surface area (Å²) >= 11 is 1.60. The van der Waals surface area contributed by atoms with Crippen molar-refractivity contribution in [1.29, 1.82) is 5.26 Å². The SMILES string of the molecule is COC(=O)CCSCC(C#N)c1ccccc1. The summed E-state index contributed by atoms with van der Waals surface area (Å²) in [6.07, 6.45) is 0.397. The number of ether oxygens (including phenoxy) is 1. The van der Waals surface area contributed by atoms with E-state index in [1.54, 1.807) is 11.8 Å². The van der Waals surface area contributed by atoms with E-state index in [2.05, 4.69) is 10.8 Å². The van der Waals surface area contributed by atoms with Crippen molar-refractivity contribution in [2.45, 2.75) is 12.3 Å². The van der Waals surface area contributed by atoms with E-state index in [9.17, 15) is 4.79 Å². The van der Waals surface area contributed by atoms with Crippen LogP contribution in [0.1, 0.15) is 17.9 Å². The van der Waals surface area contributed by atoms with E-state index < -0.39 is 0 Å². The third kappa shape index (κ3) is 4.92. The van der Waals surface area contributed by atoms with Crippen molar-refractivity contribution in [2.75, 3.05) is 18.6 Å². The first kappa shape index (κ1) is 13.6. The second kappa shape index (κ2) is 7.75. The summed E-state index contributed by atoms with van der Waals surface area (Å²) in [5, 5.41) is 9.08. The lowest BCUT2D eigenvalue weighted by atomic mass is 10.0. The molecule has 0 aliphatic rings. The first-order valence-corrected chi connectivity index (χ1v) is 6.52. The first-order chi connectivity index (χ1) is 8.27. The van der Waals surface area contributed by atoms with Gasteiger partial charge in [0.25, 0.3) is 0 Å². The number of carbonyl (C=O) groups is 1. The van der Waals surface area contributed by atoms with E-state index >= 15 is 0 Å². The molecule has 0 aliphatic carbocycles. The highest BCUT2D eigenvalue weighted by Gasteiger charge is 2.10. The maximum absolute atomic E-state index is 10.9. The Balaban J connectivity index is 2.35. The number of thioether (sulfide) groups is 1. The molecule has 1 rings (SSSR count). The highest BCUT2D eigenvalue weighted by Crippen LogP contribution is 2.20. The van der Waals surface area contributed by atoms with Crippen LogP contribution in [0.4, 0.5) is 0 Å². The Morgan fingerprint density at radius 3 is 2.76 bits per heavy atom. The fourth-order valence-corrected chi connectivity index (χ4v) is 2.33. The van der Waals surface area contributed by atoms with Crippen LogP contribution < -0.4 is 0 Å². The van der Waals surface area contributed by atoms with Gasteiger partial charge < -0.3 is 4.74 Å². The average molecular weight is 249 g/mol. The molecular formula is C13H15NO2S. The summed E-state index contributed by atoms with van der Waals surface area (Å²) < 4.78 is 4.55. The van der Waals surface area contributed by atoms with Crippen molar-refractivity contribution in [2.24, 2.45) is 0 Å². The van der Waals surface area contributed by atoms with Gasteiger partial charge in [-0.3, -0.25) is 4.79 Å². The Morgan fingerprint density at radius 2 is 2.18 bits per heavy atom. The molecule has 0 aromatic heterocycles. The quantitative estimate of drug-likeness (QED) is 0.574. The molecule has 0 fully saturated rings. The van der Waals surface area contributed by atoms with Crippen molar-refractivity contribution in [1.82, 2.24) is 0 Å². The van der Waals surface area contributed by atoms with E-state index in [1.165, 1.54) is 7.11 Å². The first-order valence-electron chi connectivity index (χ1n) is 5.37. The monoisotopic (exact) mass is 249 g/mol. The summed E-state index contributed by atoms with van der Waals surface area (Å²) in [6.45, 7) is 0. The number of hydrogen-bond acceptors (Lipinski definition) is 4. The number of hydrogen-bond donors (Lipinski definition) is 0. The highest BCUT2D eigenvalue weighted by molar-refractivity contribution is 7.99. The van der Waals surface area contributed by atoms with Crippen molar-refractivity contribution in [3.63, 3.8) is 0 Å². The molecule has 1 unspecified atom stereocenters. The lowest BCUT2D eigenvalue weighted by Crippen LogP contribution is -2.04. The Labute approximate surface area is 106 Å². The van der Waals surface area contributed by atoms with Crippen LogP contribution in [0, 0.1) is 11.3 Å². The van der Waals surface area contributed by atoms with Gasteiger partial charge in [-0.05, 0) is 5.56 Å². The highest BCUT2D eigenvalue weighted by atomic mass is 32.2. The Bertz CT molecular complexity index is 386. The Kier molecular flexibility index (Phi) is 6.19. The van der Waals surface area contributed by atoms with Gasteiger partial charge in [-0.2, -0.15) is 17.0 Å². The third-order valence-electron chi connectivity index (χ3n) is 2.32. The minimum absolute atomic E-state index is 0.112. The van der Waals surface area contributed by atoms with Gasteiger partial charge >= 0.3 is 5.97 Å². The van der Waals surface area contributed by atoms with Gasteiger partial charge in [0, 0.05) is 11.5 Å². The molecule has 3 nitrogen and oxygen atoms in total. The number of methoxy groups -OCH3 is 1. The summed E-state index contributed by atoms with van der Waals surface area (Å²) in [5.74, 6) is 1.08. The van der Waals surface area contributed by atoms with E-state index in [0.717, 1.165) is 5.56 Å². The molecule has 0 spiro atoms. The number of rotatable bonds is 6. The second-order valence-corrected chi connectivity index (χ2v) is 4.64. The van der Waals surface area contributed by atoms with Crippen LogP contribution in [0.2, 0.25) is 0 Å². The smallest absolute Gasteiger partial charge is 0.306 e. The molecule has 0 heterocycles. The van der Waals surface area contributed by atoms with Gasteiger partial charge in [0.2, 0.25) is 0 Å². The van der Waals surface area contributed by atoms with E-state index in [1.807, 2.05) is 30.3 Å². The van der Waals surface area contributed by atoms with Crippen LogP contribution in [0.25, 0.3) is 0 Å². The zero-order chi connectivity index (χ0) is 12.5. The van der Waals surface area contributed by atoms with E-state index in [-0.39, 0.29) is 11.9 Å². The van der Waals surface area contributed by atoms with Gasteiger partial charge in [0.1, 0.15) is 0 Å². The molecule has 17 heavy (non-hydrogen) atoms. The molecule has 1 atom stereocenters. The topological polar surface area (TPSA) is 50.1 Å². The predicted molar refractivity (Wildman–Crippen MR) is 68.8 cm³/mol. The number of nitriles is 1. The van der Waals surface area contributed by atoms with Gasteiger partial charge in [-0.25, -0.2) is 0 Å². The zero-order valence-electron chi connectivity index (χ0n) is 9.76. The molecule has 0 saturated heterocycles. The van der Waals surface area contributed by atoms with Crippen molar-refractivity contribution >= 4 is 17.7 Å². The predicted octanol–water partition coefficient (Wildman–Crippen LogP) is 2.59. The fourth-order valence-electron chi connectivity index (χ4n) is 1.35. The van der Waals surface area contributed by atoms with E-state index in [4.69, 9.17) is 5.26 Å². The molecule has 0 saturated carbocycles. The van der Waals surface area contributed by atoms with E-state index in [0.29, 0.717) is 17.9 Å². The maximum atomic E-state index is 10.9. The molecule has 90 valence electrons. The maximum Gasteiger partial charge on any atom is 0.306 e. The minimum Gasteiger partial charge on any atom is -0.469 e. The van der Waals surface area contributed by atoms with Crippen molar-refractivity contribution < 1.29 is 9.53 Å². The summed E-state index contributed by atoms with van der Waals surface area (Å²) in [4.78, 5) is 10.9. The third-order valence-corrected chi connectivity index (χ3v) is 3.38. The summed E-state index contributed by atoms with van der Waals surface area (Å²) in [5.41, 5.74) is 1.03. The van der Waals surface area contributed by atoms with Crippen LogP contribution in [0.5, 0.6) is 0 Å². The molecule has 0 amide bonds. The molecule has 1 aromatic carbocycles. The Morgan fingerprint density at radius 1 is 1.47 bits per heavy atom. The molecular weight excluding hydrogens is 234 g/mol. The molecule has 0 bridgehead atoms. The van der Waals surface area contributed by atoms with Crippen molar-refractivity contribution in [3.8, 4) is 6.07 Å². The van der Waals surface area contributed by atoms with Crippen LogP contribution >= 0.6 is 11.8 Å². The number of esters is 1. The molecule has 0 radical (unpaired) electrons. The lowest BCUT2D eigenvalue weighted by Gasteiger charge is -2.08. The second-order valence-electron chi connectivity index (χ2n) is 3.49. The molecule has 0 N–H and O–H groups in total. The number of benzene rings is 1. The van der Waals surface area contributed by atoms with Gasteiger partial charge in [0.15, 0.2) is 0 Å². The average Bonchev–Trinajstić information content (AvgIpc) is 2.39. The van der Waals surface area contributed by atoms with Gasteiger partial charge in [-0.15, -0.1) is 0 Å². The summed E-state index contributed by atoms with van der Waals surface area (Å²) in [7, 11) is 1.38. The van der Waals surface area contributed by atoms with Crippen LogP contribution in [0.3, 0.4) is 0 Å². The van der Waals surface area contributed by atoms with Gasteiger partial charge in [-0.1, -0.05) is 30.3 Å². The zero-order valence-corrected chi connectivity index (χ0v) is 10.6. The van der Waals surface area contributed by atoms with Crippen LogP contribution in [-0.2, 0) is 9.53 Å². The summed E-state index contributed by atoms with van der Waals surface area (Å²) in [6, 6.07) is 12.0. The molecule has 0 aliphatic heterocycles. The normalized spacial score (nSPS) is 11.5. The Hall–Kier alpha value is -1.47.